The first kappa shape index (κ1) is 23.3. The lowest BCUT2D eigenvalue weighted by atomic mass is 9.67. The molecule has 1 aromatic carbocycles. The third kappa shape index (κ3) is 5.62. The fourth-order valence-corrected chi connectivity index (χ4v) is 2.96. The molecule has 1 atom stereocenters. The number of hydrogen-bond donors (Lipinski definition) is 0. The maximum absolute atomic E-state index is 13.9. The molecule has 0 amide bonds. The van der Waals surface area contributed by atoms with E-state index in [0.29, 0.717) is 0 Å². The van der Waals surface area contributed by atoms with Gasteiger partial charge >= 0.3 is 18.3 Å². The third-order valence-electron chi connectivity index (χ3n) is 4.32. The van der Waals surface area contributed by atoms with Gasteiger partial charge in [-0.25, -0.2) is 0 Å². The van der Waals surface area contributed by atoms with E-state index in [1.54, 1.807) is 20.8 Å². The molecule has 1 rings (SSSR count). The number of esters is 1. The van der Waals surface area contributed by atoms with E-state index in [1.807, 2.05) is 0 Å². The van der Waals surface area contributed by atoms with Gasteiger partial charge in [0.2, 0.25) is 0 Å². The lowest BCUT2D eigenvalue weighted by Gasteiger charge is -2.40. The molecule has 0 aromatic heterocycles. The Morgan fingerprint density at radius 1 is 0.963 bits per heavy atom. The molecular weight excluding hydrogens is 374 g/mol. The van der Waals surface area contributed by atoms with Crippen LogP contribution in [-0.4, -0.2) is 12.1 Å². The first-order valence-electron chi connectivity index (χ1n) is 8.41. The topological polar surface area (TPSA) is 26.3 Å². The van der Waals surface area contributed by atoms with Crippen molar-refractivity contribution in [3.05, 3.63) is 35.4 Å². The molecule has 0 aliphatic heterocycles. The average Bonchev–Trinajstić information content (AvgIpc) is 2.47. The molecule has 0 heterocycles. The van der Waals surface area contributed by atoms with E-state index in [4.69, 9.17) is 4.74 Å². The monoisotopic (exact) mass is 398 g/mol. The molecule has 0 aliphatic rings. The minimum Gasteiger partial charge on any atom is -0.460 e. The van der Waals surface area contributed by atoms with Crippen LogP contribution in [0.2, 0.25) is 0 Å². The molecule has 8 heteroatoms. The summed E-state index contributed by atoms with van der Waals surface area (Å²) in [5, 5.41) is 0. The zero-order chi connectivity index (χ0) is 21.3. The number of ether oxygens (including phenoxy) is 1. The van der Waals surface area contributed by atoms with E-state index in [0.717, 1.165) is 24.3 Å². The predicted octanol–water partition coefficient (Wildman–Crippen LogP) is 6.39. The fraction of sp³-hybridized carbons (Fsp3) is 0.632. The molecule has 0 spiro atoms. The van der Waals surface area contributed by atoms with Crippen molar-refractivity contribution in [2.24, 2.45) is 16.7 Å². The minimum absolute atomic E-state index is 0.173. The van der Waals surface area contributed by atoms with Gasteiger partial charge in [-0.05, 0) is 35.4 Å². The van der Waals surface area contributed by atoms with E-state index in [1.165, 1.54) is 13.8 Å². The van der Waals surface area contributed by atoms with Gasteiger partial charge in [0.1, 0.15) is 6.61 Å². The van der Waals surface area contributed by atoms with Gasteiger partial charge in [0.15, 0.2) is 5.41 Å². The predicted molar refractivity (Wildman–Crippen MR) is 88.6 cm³/mol. The van der Waals surface area contributed by atoms with Crippen LogP contribution in [0.5, 0.6) is 0 Å². The van der Waals surface area contributed by atoms with E-state index >= 15 is 0 Å². The summed E-state index contributed by atoms with van der Waals surface area (Å²) in [4.78, 5) is 12.5. The molecule has 0 bridgehead atoms. The van der Waals surface area contributed by atoms with Crippen molar-refractivity contribution in [3.8, 4) is 0 Å². The van der Waals surface area contributed by atoms with Crippen molar-refractivity contribution < 1.29 is 35.9 Å². The summed E-state index contributed by atoms with van der Waals surface area (Å²) in [5.41, 5.74) is -4.21. The highest BCUT2D eigenvalue weighted by Gasteiger charge is 2.64. The zero-order valence-electron chi connectivity index (χ0n) is 15.9. The summed E-state index contributed by atoms with van der Waals surface area (Å²) in [5.74, 6) is -2.49. The summed E-state index contributed by atoms with van der Waals surface area (Å²) in [6, 6.07) is 3.73. The number of rotatable bonds is 5. The first-order chi connectivity index (χ1) is 12.0. The fourth-order valence-electron chi connectivity index (χ4n) is 2.96. The van der Waals surface area contributed by atoms with Crippen molar-refractivity contribution in [1.82, 2.24) is 0 Å². The van der Waals surface area contributed by atoms with Gasteiger partial charge in [0.25, 0.3) is 0 Å². The van der Waals surface area contributed by atoms with Crippen LogP contribution in [0.4, 0.5) is 26.3 Å². The van der Waals surface area contributed by atoms with E-state index in [9.17, 15) is 31.1 Å². The van der Waals surface area contributed by atoms with Crippen molar-refractivity contribution in [2.75, 3.05) is 0 Å². The Labute approximate surface area is 154 Å². The van der Waals surface area contributed by atoms with Crippen molar-refractivity contribution in [1.29, 1.82) is 0 Å². The highest BCUT2D eigenvalue weighted by atomic mass is 19.4. The first-order valence-corrected chi connectivity index (χ1v) is 8.41. The number of carbonyl (C=O) groups excluding carboxylic acids is 1. The van der Waals surface area contributed by atoms with Crippen LogP contribution in [0.25, 0.3) is 0 Å². The van der Waals surface area contributed by atoms with Crippen molar-refractivity contribution >= 4 is 5.97 Å². The Morgan fingerprint density at radius 3 is 1.78 bits per heavy atom. The maximum atomic E-state index is 13.9. The largest absolute Gasteiger partial charge is 0.460 e. The lowest BCUT2D eigenvalue weighted by molar-refractivity contribution is -0.255. The molecule has 0 fully saturated rings. The Balaban J connectivity index is 3.07. The van der Waals surface area contributed by atoms with Crippen LogP contribution in [-0.2, 0) is 22.3 Å². The Hall–Kier alpha value is -1.73. The molecular formula is C19H24F6O2. The SMILES string of the molecule is CC(C)C(CC(C)(C)C)(C(=O)OCc1ccc(C(F)(F)F)cc1)C(F)(F)F. The van der Waals surface area contributed by atoms with Crippen molar-refractivity contribution in [3.63, 3.8) is 0 Å². The van der Waals surface area contributed by atoms with Gasteiger partial charge in [0, 0.05) is 0 Å². The summed E-state index contributed by atoms with van der Waals surface area (Å²) in [6.07, 6.45) is -9.82. The number of carbonyl (C=O) groups is 1. The molecule has 0 aliphatic carbocycles. The molecule has 0 N–H and O–H groups in total. The Bertz CT molecular complexity index is 638. The normalized spacial score (nSPS) is 15.6. The van der Waals surface area contributed by atoms with Crippen LogP contribution >= 0.6 is 0 Å². The molecule has 0 saturated heterocycles. The van der Waals surface area contributed by atoms with Gasteiger partial charge in [0.05, 0.1) is 5.56 Å². The number of halogens is 6. The quantitative estimate of drug-likeness (QED) is 0.424. The Kier molecular flexibility index (Phi) is 6.66. The number of benzene rings is 1. The molecule has 0 radical (unpaired) electrons. The van der Waals surface area contributed by atoms with E-state index in [-0.39, 0.29) is 5.56 Å². The maximum Gasteiger partial charge on any atom is 0.416 e. The molecule has 1 aromatic rings. The zero-order valence-corrected chi connectivity index (χ0v) is 15.9. The van der Waals surface area contributed by atoms with Gasteiger partial charge < -0.3 is 4.74 Å². The van der Waals surface area contributed by atoms with Crippen molar-refractivity contribution in [2.45, 2.75) is 60.0 Å². The number of hydrogen-bond acceptors (Lipinski definition) is 2. The van der Waals surface area contributed by atoms with Crippen LogP contribution in [0, 0.1) is 16.7 Å². The van der Waals surface area contributed by atoms with E-state index in [2.05, 4.69) is 0 Å². The van der Waals surface area contributed by atoms with Gasteiger partial charge in [-0.1, -0.05) is 46.8 Å². The summed E-state index contributed by atoms with van der Waals surface area (Å²) >= 11 is 0. The van der Waals surface area contributed by atoms with Gasteiger partial charge in [-0.3, -0.25) is 4.79 Å². The molecule has 2 nitrogen and oxygen atoms in total. The number of alkyl halides is 6. The Morgan fingerprint density at radius 2 is 1.44 bits per heavy atom. The van der Waals surface area contributed by atoms with Crippen LogP contribution in [0.15, 0.2) is 24.3 Å². The average molecular weight is 398 g/mol. The second-order valence-corrected chi connectivity index (χ2v) is 8.13. The standard InChI is InChI=1S/C19H24F6O2/c1-12(2)17(19(23,24)25,11-16(3,4)5)15(26)27-10-13-6-8-14(9-7-13)18(20,21)22/h6-9,12H,10-11H2,1-5H3. The lowest BCUT2D eigenvalue weighted by Crippen LogP contribution is -2.52. The van der Waals surface area contributed by atoms with Crippen LogP contribution < -0.4 is 0 Å². The summed E-state index contributed by atoms with van der Waals surface area (Å²) in [7, 11) is 0. The molecule has 1 unspecified atom stereocenters. The second-order valence-electron chi connectivity index (χ2n) is 8.13. The van der Waals surface area contributed by atoms with Crippen LogP contribution in [0.1, 0.15) is 52.2 Å². The summed E-state index contributed by atoms with van der Waals surface area (Å²) in [6.45, 7) is 6.86. The molecule has 154 valence electrons. The second kappa shape index (κ2) is 7.72. The highest BCUT2D eigenvalue weighted by molar-refractivity contribution is 5.78. The van der Waals surface area contributed by atoms with Crippen LogP contribution in [0.3, 0.4) is 0 Å². The summed E-state index contributed by atoms with van der Waals surface area (Å²) < 4.78 is 84.3. The molecule has 0 saturated carbocycles. The minimum atomic E-state index is -4.83. The molecule has 27 heavy (non-hydrogen) atoms. The third-order valence-corrected chi connectivity index (χ3v) is 4.32. The smallest absolute Gasteiger partial charge is 0.416 e. The highest BCUT2D eigenvalue weighted by Crippen LogP contribution is 2.52. The van der Waals surface area contributed by atoms with E-state index < -0.39 is 53.7 Å². The van der Waals surface area contributed by atoms with Gasteiger partial charge in [-0.2, -0.15) is 26.3 Å². The van der Waals surface area contributed by atoms with Gasteiger partial charge in [-0.15, -0.1) is 0 Å².